The quantitative estimate of drug-likeness (QED) is 0.629. The molecule has 0 spiro atoms. The Kier molecular flexibility index (Phi) is 5.17. The molecule has 0 bridgehead atoms. The molecule has 7 nitrogen and oxygen atoms in total. The number of amides is 2. The SMILES string of the molecule is COC(=O)[C@@H](N)Cc1ccc(C2=C(C)C(C)C(=O)N(C)C2=O)c2c1COC2. The summed E-state index contributed by atoms with van der Waals surface area (Å²) in [4.78, 5) is 37.8. The summed E-state index contributed by atoms with van der Waals surface area (Å²) in [5, 5.41) is 0. The number of esters is 1. The summed E-state index contributed by atoms with van der Waals surface area (Å²) in [7, 11) is 2.82. The van der Waals surface area contributed by atoms with Crippen LogP contribution in [0.4, 0.5) is 0 Å². The number of hydrogen-bond acceptors (Lipinski definition) is 6. The molecule has 2 heterocycles. The van der Waals surface area contributed by atoms with Gasteiger partial charge in [-0.1, -0.05) is 12.1 Å². The third-order valence-corrected chi connectivity index (χ3v) is 5.50. The molecule has 2 aliphatic rings. The van der Waals surface area contributed by atoms with E-state index in [0.717, 1.165) is 27.8 Å². The number of methoxy groups -OCH3 is 1. The van der Waals surface area contributed by atoms with Crippen LogP contribution in [0.15, 0.2) is 17.7 Å². The van der Waals surface area contributed by atoms with Crippen molar-refractivity contribution >= 4 is 23.4 Å². The molecule has 2 amide bonds. The molecule has 7 heteroatoms. The normalized spacial score (nSPS) is 20.8. The fraction of sp³-hybridized carbons (Fsp3) is 0.450. The van der Waals surface area contributed by atoms with Crippen LogP contribution in [0, 0.1) is 5.92 Å². The number of benzene rings is 1. The van der Waals surface area contributed by atoms with E-state index in [-0.39, 0.29) is 17.7 Å². The molecule has 0 fully saturated rings. The van der Waals surface area contributed by atoms with Gasteiger partial charge in [0.05, 0.1) is 26.2 Å². The van der Waals surface area contributed by atoms with Crippen LogP contribution in [-0.2, 0) is 43.5 Å². The Balaban J connectivity index is 2.06. The highest BCUT2D eigenvalue weighted by Gasteiger charge is 2.36. The van der Waals surface area contributed by atoms with Gasteiger partial charge in [-0.05, 0) is 48.1 Å². The minimum absolute atomic E-state index is 0.199. The number of fused-ring (bicyclic) bond motifs is 1. The van der Waals surface area contributed by atoms with E-state index < -0.39 is 12.0 Å². The van der Waals surface area contributed by atoms with E-state index in [1.165, 1.54) is 19.1 Å². The molecular formula is C20H24N2O5. The van der Waals surface area contributed by atoms with Crippen LogP contribution in [0.5, 0.6) is 0 Å². The highest BCUT2D eigenvalue weighted by Crippen LogP contribution is 2.37. The lowest BCUT2D eigenvalue weighted by Gasteiger charge is -2.30. The Hall–Kier alpha value is -2.51. The summed E-state index contributed by atoms with van der Waals surface area (Å²) >= 11 is 0. The minimum Gasteiger partial charge on any atom is -0.468 e. The molecule has 2 atom stereocenters. The van der Waals surface area contributed by atoms with Crippen molar-refractivity contribution in [2.45, 2.75) is 39.5 Å². The molecule has 0 aromatic heterocycles. The first-order valence-electron chi connectivity index (χ1n) is 8.85. The maximum atomic E-state index is 12.8. The summed E-state index contributed by atoms with van der Waals surface area (Å²) in [6.07, 6.45) is 0.333. The van der Waals surface area contributed by atoms with E-state index in [0.29, 0.717) is 25.2 Å². The number of ether oxygens (including phenoxy) is 2. The van der Waals surface area contributed by atoms with Crippen molar-refractivity contribution in [3.8, 4) is 0 Å². The van der Waals surface area contributed by atoms with Crippen molar-refractivity contribution in [1.29, 1.82) is 0 Å². The van der Waals surface area contributed by atoms with Crippen molar-refractivity contribution < 1.29 is 23.9 Å². The van der Waals surface area contributed by atoms with Crippen LogP contribution >= 0.6 is 0 Å². The first-order chi connectivity index (χ1) is 12.8. The van der Waals surface area contributed by atoms with E-state index >= 15 is 0 Å². The fourth-order valence-electron chi connectivity index (χ4n) is 3.69. The van der Waals surface area contributed by atoms with Crippen LogP contribution in [-0.4, -0.2) is 42.9 Å². The predicted octanol–water partition coefficient (Wildman–Crippen LogP) is 1.17. The van der Waals surface area contributed by atoms with Crippen LogP contribution < -0.4 is 5.73 Å². The zero-order valence-corrected chi connectivity index (χ0v) is 16.0. The van der Waals surface area contributed by atoms with Gasteiger partial charge in [0.2, 0.25) is 5.91 Å². The number of nitrogens with zero attached hydrogens (tertiary/aromatic N) is 1. The molecule has 1 unspecified atom stereocenters. The number of hydrogen-bond donors (Lipinski definition) is 1. The van der Waals surface area contributed by atoms with E-state index in [4.69, 9.17) is 15.2 Å². The third-order valence-electron chi connectivity index (χ3n) is 5.50. The smallest absolute Gasteiger partial charge is 0.322 e. The number of imide groups is 1. The number of likely N-dealkylation sites (N-methyl/N-ethyl adjacent to an activating group) is 1. The zero-order chi connectivity index (χ0) is 19.9. The molecule has 1 aromatic rings. The van der Waals surface area contributed by atoms with Crippen molar-refractivity contribution in [3.05, 3.63) is 40.0 Å². The molecule has 27 heavy (non-hydrogen) atoms. The number of nitrogens with two attached hydrogens (primary N) is 1. The second-order valence-corrected chi connectivity index (χ2v) is 7.04. The Morgan fingerprint density at radius 3 is 2.67 bits per heavy atom. The maximum absolute atomic E-state index is 12.8. The van der Waals surface area contributed by atoms with Gasteiger partial charge in [-0.2, -0.15) is 0 Å². The van der Waals surface area contributed by atoms with E-state index in [1.807, 2.05) is 19.1 Å². The molecule has 2 aliphatic heterocycles. The van der Waals surface area contributed by atoms with Crippen molar-refractivity contribution in [3.63, 3.8) is 0 Å². The third kappa shape index (κ3) is 3.17. The molecule has 0 aliphatic carbocycles. The summed E-state index contributed by atoms with van der Waals surface area (Å²) in [6, 6.07) is 2.98. The van der Waals surface area contributed by atoms with Crippen molar-refractivity contribution in [2.24, 2.45) is 11.7 Å². The van der Waals surface area contributed by atoms with Crippen LogP contribution in [0.1, 0.15) is 36.1 Å². The van der Waals surface area contributed by atoms with E-state index in [9.17, 15) is 14.4 Å². The van der Waals surface area contributed by atoms with Gasteiger partial charge in [0.15, 0.2) is 0 Å². The maximum Gasteiger partial charge on any atom is 0.322 e. The number of carbonyl (C=O) groups excluding carboxylic acids is 3. The molecule has 0 saturated heterocycles. The highest BCUT2D eigenvalue weighted by molar-refractivity contribution is 6.27. The standard InChI is InChI=1S/C20H24N2O5/c1-10-11(2)18(23)22(3)19(24)17(10)13-6-5-12(7-16(21)20(25)26-4)14-8-27-9-15(13)14/h5-6,11,16H,7-9,21H2,1-4H3/t11?,16-/m0/s1. The Bertz CT molecular complexity index is 858. The summed E-state index contributed by atoms with van der Waals surface area (Å²) < 4.78 is 10.3. The second-order valence-electron chi connectivity index (χ2n) is 7.04. The Morgan fingerprint density at radius 1 is 1.33 bits per heavy atom. The zero-order valence-electron chi connectivity index (χ0n) is 16.0. The van der Waals surface area contributed by atoms with Crippen LogP contribution in [0.3, 0.4) is 0 Å². The lowest BCUT2D eigenvalue weighted by molar-refractivity contribution is -0.143. The molecule has 0 saturated carbocycles. The van der Waals surface area contributed by atoms with Crippen LogP contribution in [0.2, 0.25) is 0 Å². The molecule has 0 radical (unpaired) electrons. The van der Waals surface area contributed by atoms with Gasteiger partial charge in [-0.15, -0.1) is 0 Å². The summed E-state index contributed by atoms with van der Waals surface area (Å²) in [5.74, 6) is -1.33. The van der Waals surface area contributed by atoms with Gasteiger partial charge < -0.3 is 15.2 Å². The van der Waals surface area contributed by atoms with Gasteiger partial charge in [-0.3, -0.25) is 19.3 Å². The first-order valence-corrected chi connectivity index (χ1v) is 8.85. The number of carbonyl (C=O) groups is 3. The highest BCUT2D eigenvalue weighted by atomic mass is 16.5. The molecule has 144 valence electrons. The topological polar surface area (TPSA) is 98.9 Å². The minimum atomic E-state index is -0.758. The monoisotopic (exact) mass is 372 g/mol. The van der Waals surface area contributed by atoms with Crippen molar-refractivity contribution in [2.75, 3.05) is 14.2 Å². The van der Waals surface area contributed by atoms with Crippen LogP contribution in [0.25, 0.3) is 5.57 Å². The van der Waals surface area contributed by atoms with Gasteiger partial charge in [-0.25, -0.2) is 0 Å². The summed E-state index contributed by atoms with van der Waals surface area (Å²) in [6.45, 7) is 4.41. The van der Waals surface area contributed by atoms with E-state index in [1.54, 1.807) is 6.92 Å². The fourth-order valence-corrected chi connectivity index (χ4v) is 3.69. The van der Waals surface area contributed by atoms with Gasteiger partial charge in [0.25, 0.3) is 5.91 Å². The number of rotatable bonds is 4. The average Bonchev–Trinajstić information content (AvgIpc) is 3.16. The van der Waals surface area contributed by atoms with Gasteiger partial charge in [0.1, 0.15) is 6.04 Å². The molecule has 3 rings (SSSR count). The molecule has 2 N–H and O–H groups in total. The Morgan fingerprint density at radius 2 is 2.00 bits per heavy atom. The second kappa shape index (κ2) is 7.25. The predicted molar refractivity (Wildman–Crippen MR) is 98.2 cm³/mol. The lowest BCUT2D eigenvalue weighted by atomic mass is 9.83. The largest absolute Gasteiger partial charge is 0.468 e. The molecule has 1 aromatic carbocycles. The lowest BCUT2D eigenvalue weighted by Crippen LogP contribution is -2.42. The van der Waals surface area contributed by atoms with Gasteiger partial charge in [0, 0.05) is 12.6 Å². The average molecular weight is 372 g/mol. The molecular weight excluding hydrogens is 348 g/mol. The van der Waals surface area contributed by atoms with Gasteiger partial charge >= 0.3 is 5.97 Å². The Labute approximate surface area is 158 Å². The van der Waals surface area contributed by atoms with E-state index in [2.05, 4.69) is 0 Å². The first kappa shape index (κ1) is 19.3. The summed E-state index contributed by atoms with van der Waals surface area (Å²) in [5.41, 5.74) is 10.8. The van der Waals surface area contributed by atoms with Crippen molar-refractivity contribution in [1.82, 2.24) is 4.90 Å².